The van der Waals surface area contributed by atoms with E-state index >= 15 is 0 Å². The fourth-order valence-electron chi connectivity index (χ4n) is 5.56. The van der Waals surface area contributed by atoms with Gasteiger partial charge in [-0.05, 0) is 83.0 Å². The highest BCUT2D eigenvalue weighted by Crippen LogP contribution is 2.19. The molecule has 0 heterocycles. The lowest BCUT2D eigenvalue weighted by atomic mass is 9.96. The van der Waals surface area contributed by atoms with Crippen molar-refractivity contribution in [3.8, 4) is 0 Å². The fraction of sp³-hybridized carbons (Fsp3) is 0.837. The van der Waals surface area contributed by atoms with Gasteiger partial charge in [-0.25, -0.2) is 0 Å². The Balaban J connectivity index is 4.31. The summed E-state index contributed by atoms with van der Waals surface area (Å²) in [5, 5.41) is 9.75. The van der Waals surface area contributed by atoms with Gasteiger partial charge in [0.25, 0.3) is 0 Å². The Bertz CT molecular complexity index is 864. The highest BCUT2D eigenvalue weighted by molar-refractivity contribution is 5.70. The van der Waals surface area contributed by atoms with Crippen molar-refractivity contribution in [3.05, 3.63) is 24.3 Å². The molecule has 0 fully saturated rings. The van der Waals surface area contributed by atoms with Crippen molar-refractivity contribution >= 4 is 17.9 Å². The first-order valence-electron chi connectivity index (χ1n) is 21.0. The van der Waals surface area contributed by atoms with Crippen LogP contribution in [-0.2, 0) is 38.1 Å². The molecule has 0 aliphatic rings. The van der Waals surface area contributed by atoms with E-state index in [1.807, 2.05) is 0 Å². The summed E-state index contributed by atoms with van der Waals surface area (Å²) in [5.41, 5.74) is 0. The molecule has 0 spiro atoms. The zero-order valence-corrected chi connectivity index (χ0v) is 33.8. The third-order valence-corrected chi connectivity index (χ3v) is 8.92. The predicted molar refractivity (Wildman–Crippen MR) is 210 cm³/mol. The Morgan fingerprint density at radius 3 is 1.48 bits per heavy atom. The molecule has 0 aromatic rings. The van der Waals surface area contributed by atoms with E-state index in [0.717, 1.165) is 77.0 Å². The van der Waals surface area contributed by atoms with E-state index in [1.54, 1.807) is 0 Å². The lowest BCUT2D eigenvalue weighted by Gasteiger charge is -2.19. The molecule has 52 heavy (non-hydrogen) atoms. The number of allylic oxidation sites excluding steroid dienone is 4. The molecule has 0 rings (SSSR count). The van der Waals surface area contributed by atoms with E-state index < -0.39 is 18.2 Å². The Labute approximate surface area is 318 Å². The van der Waals surface area contributed by atoms with Gasteiger partial charge in [-0.15, -0.1) is 0 Å². The van der Waals surface area contributed by atoms with Crippen molar-refractivity contribution in [1.29, 1.82) is 0 Å². The molecule has 0 aromatic carbocycles. The molecule has 2 atom stereocenters. The van der Waals surface area contributed by atoms with Gasteiger partial charge >= 0.3 is 17.9 Å². The molecule has 9 heteroatoms. The maximum Gasteiger partial charge on any atom is 0.305 e. The fourth-order valence-corrected chi connectivity index (χ4v) is 5.56. The van der Waals surface area contributed by atoms with Crippen LogP contribution in [0, 0.1) is 11.8 Å². The molecular weight excluding hydrogens is 660 g/mol. The largest absolute Gasteiger partial charge is 0.465 e. The standard InChI is InChI=1S/C43H78O9/c1-5-9-13-16-18-24-32-48-43(49-33-25-19-17-14-10-6-2)31-30-42(47)52-37-39(34-44)36-51-41(46)29-23-20-22-28-40(45)50-35-38(26-12-8-4)27-21-15-11-7-3/h9-10,13-14,38-39,43-44H,5-8,11-12,15-37H2,1-4H3/b13-9-,14-10-. The third-order valence-electron chi connectivity index (χ3n) is 8.92. The zero-order valence-electron chi connectivity index (χ0n) is 33.8. The van der Waals surface area contributed by atoms with Gasteiger partial charge in [-0.1, -0.05) is 96.9 Å². The van der Waals surface area contributed by atoms with Gasteiger partial charge in [0.2, 0.25) is 0 Å². The minimum absolute atomic E-state index is 0.0255. The molecule has 0 aromatic heterocycles. The maximum absolute atomic E-state index is 12.5. The molecule has 0 bridgehead atoms. The van der Waals surface area contributed by atoms with Crippen LogP contribution in [0.15, 0.2) is 24.3 Å². The lowest BCUT2D eigenvalue weighted by molar-refractivity contribution is -0.161. The van der Waals surface area contributed by atoms with E-state index in [2.05, 4.69) is 52.0 Å². The van der Waals surface area contributed by atoms with Crippen molar-refractivity contribution in [2.45, 2.75) is 182 Å². The number of aliphatic hydroxyl groups is 1. The highest BCUT2D eigenvalue weighted by atomic mass is 16.7. The third kappa shape index (κ3) is 33.6. The van der Waals surface area contributed by atoms with E-state index in [4.69, 9.17) is 23.7 Å². The number of hydrogen-bond donors (Lipinski definition) is 1. The second-order valence-corrected chi connectivity index (χ2v) is 14.0. The Morgan fingerprint density at radius 1 is 0.500 bits per heavy atom. The molecule has 0 amide bonds. The molecule has 1 N–H and O–H groups in total. The number of rotatable bonds is 38. The van der Waals surface area contributed by atoms with Crippen molar-refractivity contribution in [3.63, 3.8) is 0 Å². The lowest BCUT2D eigenvalue weighted by Crippen LogP contribution is -2.25. The molecule has 0 radical (unpaired) electrons. The smallest absolute Gasteiger partial charge is 0.305 e. The van der Waals surface area contributed by atoms with Gasteiger partial charge < -0.3 is 28.8 Å². The Hall–Kier alpha value is -2.23. The monoisotopic (exact) mass is 739 g/mol. The Kier molecular flexibility index (Phi) is 36.8. The van der Waals surface area contributed by atoms with Crippen LogP contribution in [0.25, 0.3) is 0 Å². The van der Waals surface area contributed by atoms with Gasteiger partial charge in [0.1, 0.15) is 0 Å². The molecule has 0 aliphatic carbocycles. The highest BCUT2D eigenvalue weighted by Gasteiger charge is 2.17. The van der Waals surface area contributed by atoms with Crippen molar-refractivity contribution in [2.24, 2.45) is 11.8 Å². The van der Waals surface area contributed by atoms with E-state index in [-0.39, 0.29) is 44.6 Å². The minimum Gasteiger partial charge on any atom is -0.465 e. The predicted octanol–water partition coefficient (Wildman–Crippen LogP) is 10.4. The first-order valence-corrected chi connectivity index (χ1v) is 21.0. The van der Waals surface area contributed by atoms with Crippen LogP contribution in [0.1, 0.15) is 175 Å². The first-order chi connectivity index (χ1) is 25.4. The average molecular weight is 739 g/mol. The summed E-state index contributed by atoms with van der Waals surface area (Å²) >= 11 is 0. The summed E-state index contributed by atoms with van der Waals surface area (Å²) in [7, 11) is 0. The van der Waals surface area contributed by atoms with Crippen LogP contribution in [0.2, 0.25) is 0 Å². The van der Waals surface area contributed by atoms with Gasteiger partial charge in [0.15, 0.2) is 6.29 Å². The molecule has 0 aliphatic heterocycles. The van der Waals surface area contributed by atoms with Crippen LogP contribution < -0.4 is 0 Å². The second kappa shape index (κ2) is 38.5. The summed E-state index contributed by atoms with van der Waals surface area (Å²) < 4.78 is 28.3. The number of esters is 3. The molecular formula is C43H78O9. The first kappa shape index (κ1) is 49.8. The van der Waals surface area contributed by atoms with Crippen LogP contribution in [-0.4, -0.2) is 68.9 Å². The molecule has 0 saturated heterocycles. The minimum atomic E-state index is -0.498. The normalized spacial score (nSPS) is 12.9. The number of aliphatic hydroxyl groups excluding tert-OH is 1. The number of unbranched alkanes of at least 4 members (excludes halogenated alkanes) is 10. The summed E-state index contributed by atoms with van der Waals surface area (Å²) in [5.74, 6) is -0.982. The van der Waals surface area contributed by atoms with Crippen LogP contribution in [0.5, 0.6) is 0 Å². The average Bonchev–Trinajstić information content (AvgIpc) is 3.14. The van der Waals surface area contributed by atoms with Gasteiger partial charge in [-0.2, -0.15) is 0 Å². The van der Waals surface area contributed by atoms with Gasteiger partial charge in [-0.3, -0.25) is 14.4 Å². The summed E-state index contributed by atoms with van der Waals surface area (Å²) in [6, 6.07) is 0. The number of carbonyl (C=O) groups is 3. The van der Waals surface area contributed by atoms with E-state index in [1.165, 1.54) is 32.1 Å². The number of hydrogen-bond acceptors (Lipinski definition) is 9. The van der Waals surface area contributed by atoms with Crippen molar-refractivity contribution in [1.82, 2.24) is 0 Å². The van der Waals surface area contributed by atoms with Crippen LogP contribution >= 0.6 is 0 Å². The van der Waals surface area contributed by atoms with Crippen LogP contribution in [0.3, 0.4) is 0 Å². The summed E-state index contributed by atoms with van der Waals surface area (Å²) in [6.45, 7) is 9.97. The van der Waals surface area contributed by atoms with E-state index in [0.29, 0.717) is 51.4 Å². The maximum atomic E-state index is 12.5. The number of carbonyl (C=O) groups excluding carboxylic acids is 3. The zero-order chi connectivity index (χ0) is 38.3. The molecule has 304 valence electrons. The van der Waals surface area contributed by atoms with Gasteiger partial charge in [0.05, 0.1) is 38.8 Å². The summed E-state index contributed by atoms with van der Waals surface area (Å²) in [6.07, 6.45) is 28.9. The van der Waals surface area contributed by atoms with E-state index in [9.17, 15) is 19.5 Å². The second-order valence-electron chi connectivity index (χ2n) is 14.0. The van der Waals surface area contributed by atoms with Crippen LogP contribution in [0.4, 0.5) is 0 Å². The number of ether oxygens (including phenoxy) is 5. The molecule has 0 saturated carbocycles. The quantitative estimate of drug-likeness (QED) is 0.0217. The van der Waals surface area contributed by atoms with Crippen molar-refractivity contribution in [2.75, 3.05) is 39.6 Å². The van der Waals surface area contributed by atoms with Gasteiger partial charge in [0, 0.05) is 32.5 Å². The topological polar surface area (TPSA) is 118 Å². The SMILES string of the molecule is CC/C=C\CCCCOC(CCC(=O)OCC(CO)COC(=O)CCCCCC(=O)OCC(CCCC)CCCCCC)OCCCC/C=C\CC. The molecule has 9 nitrogen and oxygen atoms in total. The molecule has 2 unspecified atom stereocenters. The van der Waals surface area contributed by atoms with Crippen molar-refractivity contribution < 1.29 is 43.2 Å². The Morgan fingerprint density at radius 2 is 0.981 bits per heavy atom. The summed E-state index contributed by atoms with van der Waals surface area (Å²) in [4.78, 5) is 37.1.